The molecule has 0 aliphatic heterocycles. The first-order valence-corrected chi connectivity index (χ1v) is 7.00. The highest BCUT2D eigenvalue weighted by atomic mass is 19.1. The molecule has 1 atom stereocenters. The van der Waals surface area contributed by atoms with E-state index in [2.05, 4.69) is 37.4 Å². The van der Waals surface area contributed by atoms with Crippen LogP contribution in [0, 0.1) is 26.6 Å². The summed E-state index contributed by atoms with van der Waals surface area (Å²) in [4.78, 5) is 0. The van der Waals surface area contributed by atoms with Gasteiger partial charge in [-0.2, -0.15) is 0 Å². The second-order valence-corrected chi connectivity index (χ2v) is 5.57. The number of rotatable bonds is 4. The molecule has 106 valence electrons. The van der Waals surface area contributed by atoms with E-state index in [4.69, 9.17) is 0 Å². The largest absolute Gasteiger partial charge is 0.313 e. The lowest BCUT2D eigenvalue weighted by Crippen LogP contribution is -2.20. The van der Waals surface area contributed by atoms with E-state index in [0.717, 1.165) is 17.5 Å². The van der Waals surface area contributed by atoms with Gasteiger partial charge in [0.25, 0.3) is 0 Å². The molecule has 2 aromatic rings. The van der Waals surface area contributed by atoms with E-state index < -0.39 is 0 Å². The Morgan fingerprint density at radius 1 is 0.950 bits per heavy atom. The van der Waals surface area contributed by atoms with Gasteiger partial charge in [0, 0.05) is 11.6 Å². The molecule has 2 rings (SSSR count). The lowest BCUT2D eigenvalue weighted by Gasteiger charge is -2.18. The summed E-state index contributed by atoms with van der Waals surface area (Å²) in [6.45, 7) is 6.10. The minimum Gasteiger partial charge on any atom is -0.313 e. The van der Waals surface area contributed by atoms with Crippen LogP contribution in [0.3, 0.4) is 0 Å². The fraction of sp³-hybridized carbons (Fsp3) is 0.333. The first kappa shape index (κ1) is 14.7. The van der Waals surface area contributed by atoms with Crippen LogP contribution in [-0.4, -0.2) is 7.05 Å². The lowest BCUT2D eigenvalue weighted by atomic mass is 9.95. The minimum absolute atomic E-state index is 0.00296. The molecule has 1 N–H and O–H groups in total. The Bertz CT molecular complexity index is 584. The highest BCUT2D eigenvalue weighted by Crippen LogP contribution is 2.23. The first-order valence-electron chi connectivity index (χ1n) is 7.00. The van der Waals surface area contributed by atoms with Gasteiger partial charge in [0.05, 0.1) is 0 Å². The number of nitrogens with one attached hydrogen (secondary N) is 1. The lowest BCUT2D eigenvalue weighted by molar-refractivity contribution is 0.533. The van der Waals surface area contributed by atoms with E-state index in [1.165, 1.54) is 16.7 Å². The van der Waals surface area contributed by atoms with Crippen LogP contribution in [0.15, 0.2) is 36.4 Å². The molecule has 0 saturated carbocycles. The molecular weight excluding hydrogens is 249 g/mol. The molecule has 0 saturated heterocycles. The average Bonchev–Trinajstić information content (AvgIpc) is 2.35. The van der Waals surface area contributed by atoms with Crippen LogP contribution in [0.2, 0.25) is 0 Å². The first-order chi connectivity index (χ1) is 9.49. The van der Waals surface area contributed by atoms with Crippen molar-refractivity contribution in [2.24, 2.45) is 0 Å². The normalized spacial score (nSPS) is 12.4. The third-order valence-corrected chi connectivity index (χ3v) is 3.60. The van der Waals surface area contributed by atoms with E-state index in [0.29, 0.717) is 0 Å². The Morgan fingerprint density at radius 2 is 1.60 bits per heavy atom. The Labute approximate surface area is 120 Å². The number of hydrogen-bond acceptors (Lipinski definition) is 1. The Morgan fingerprint density at radius 3 is 2.15 bits per heavy atom. The van der Waals surface area contributed by atoms with Crippen LogP contribution in [0.4, 0.5) is 4.39 Å². The summed E-state index contributed by atoms with van der Waals surface area (Å²) in [6, 6.07) is 11.9. The summed E-state index contributed by atoms with van der Waals surface area (Å²) in [5.41, 5.74) is 5.42. The van der Waals surface area contributed by atoms with Gasteiger partial charge in [0.1, 0.15) is 5.82 Å². The fourth-order valence-electron chi connectivity index (χ4n) is 2.70. The van der Waals surface area contributed by atoms with Crippen molar-refractivity contribution in [3.8, 4) is 0 Å². The Kier molecular flexibility index (Phi) is 4.56. The third kappa shape index (κ3) is 3.45. The summed E-state index contributed by atoms with van der Waals surface area (Å²) in [5.74, 6) is -0.131. The van der Waals surface area contributed by atoms with E-state index in [1.807, 2.05) is 26.1 Å². The molecular formula is C18H22FN. The zero-order chi connectivity index (χ0) is 14.7. The smallest absolute Gasteiger partial charge is 0.128 e. The highest BCUT2D eigenvalue weighted by Gasteiger charge is 2.15. The van der Waals surface area contributed by atoms with Gasteiger partial charge in [0.15, 0.2) is 0 Å². The van der Waals surface area contributed by atoms with E-state index in [1.54, 1.807) is 6.07 Å². The van der Waals surface area contributed by atoms with Crippen LogP contribution in [0.1, 0.15) is 33.9 Å². The topological polar surface area (TPSA) is 12.0 Å². The molecule has 0 aromatic heterocycles. The monoisotopic (exact) mass is 271 g/mol. The quantitative estimate of drug-likeness (QED) is 0.876. The highest BCUT2D eigenvalue weighted by molar-refractivity contribution is 5.32. The van der Waals surface area contributed by atoms with Crippen molar-refractivity contribution in [3.63, 3.8) is 0 Å². The molecule has 20 heavy (non-hydrogen) atoms. The maximum atomic E-state index is 14.1. The molecule has 0 spiro atoms. The van der Waals surface area contributed by atoms with E-state index >= 15 is 0 Å². The van der Waals surface area contributed by atoms with Crippen LogP contribution in [0.5, 0.6) is 0 Å². The Hall–Kier alpha value is -1.67. The van der Waals surface area contributed by atoms with Crippen molar-refractivity contribution < 1.29 is 4.39 Å². The van der Waals surface area contributed by atoms with Crippen LogP contribution < -0.4 is 5.32 Å². The second-order valence-electron chi connectivity index (χ2n) is 5.57. The van der Waals surface area contributed by atoms with Crippen molar-refractivity contribution >= 4 is 0 Å². The van der Waals surface area contributed by atoms with Gasteiger partial charge in [-0.05, 0) is 51.4 Å². The van der Waals surface area contributed by atoms with Crippen molar-refractivity contribution in [2.45, 2.75) is 33.2 Å². The predicted octanol–water partition coefficient (Wildman–Crippen LogP) is 4.25. The van der Waals surface area contributed by atoms with Crippen LogP contribution in [-0.2, 0) is 6.42 Å². The molecule has 0 amide bonds. The zero-order valence-electron chi connectivity index (χ0n) is 12.6. The summed E-state index contributed by atoms with van der Waals surface area (Å²) >= 11 is 0. The van der Waals surface area contributed by atoms with Gasteiger partial charge in [0.2, 0.25) is 0 Å². The standard InChI is InChI=1S/C18H22FN/c1-12-5-6-16(17(19)10-12)18(20-4)11-15-8-13(2)7-14(3)9-15/h5-10,18,20H,11H2,1-4H3. The van der Waals surface area contributed by atoms with Gasteiger partial charge < -0.3 is 5.32 Å². The summed E-state index contributed by atoms with van der Waals surface area (Å²) in [5, 5.41) is 3.23. The second kappa shape index (κ2) is 6.19. The zero-order valence-corrected chi connectivity index (χ0v) is 12.6. The number of halogens is 1. The van der Waals surface area contributed by atoms with Gasteiger partial charge >= 0.3 is 0 Å². The van der Waals surface area contributed by atoms with Gasteiger partial charge in [-0.15, -0.1) is 0 Å². The number of benzene rings is 2. The fourth-order valence-corrected chi connectivity index (χ4v) is 2.70. The minimum atomic E-state index is -0.131. The molecule has 0 fully saturated rings. The van der Waals surface area contributed by atoms with Gasteiger partial charge in [-0.25, -0.2) is 4.39 Å². The molecule has 0 heterocycles. The van der Waals surface area contributed by atoms with Crippen molar-refractivity contribution in [2.75, 3.05) is 7.05 Å². The number of likely N-dealkylation sites (N-methyl/N-ethyl adjacent to an activating group) is 1. The maximum absolute atomic E-state index is 14.1. The summed E-state index contributed by atoms with van der Waals surface area (Å²) < 4.78 is 14.1. The Balaban J connectivity index is 2.28. The van der Waals surface area contributed by atoms with E-state index in [-0.39, 0.29) is 11.9 Å². The van der Waals surface area contributed by atoms with Gasteiger partial charge in [-0.1, -0.05) is 41.5 Å². The molecule has 2 aromatic carbocycles. The van der Waals surface area contributed by atoms with Gasteiger partial charge in [-0.3, -0.25) is 0 Å². The predicted molar refractivity (Wildman–Crippen MR) is 82.6 cm³/mol. The third-order valence-electron chi connectivity index (χ3n) is 3.60. The summed E-state index contributed by atoms with van der Waals surface area (Å²) in [6.07, 6.45) is 0.791. The number of aryl methyl sites for hydroxylation is 3. The van der Waals surface area contributed by atoms with Crippen LogP contribution in [0.25, 0.3) is 0 Å². The van der Waals surface area contributed by atoms with Crippen molar-refractivity contribution in [1.29, 1.82) is 0 Å². The molecule has 0 bridgehead atoms. The molecule has 0 radical (unpaired) electrons. The molecule has 0 aliphatic carbocycles. The van der Waals surface area contributed by atoms with Crippen molar-refractivity contribution in [1.82, 2.24) is 5.32 Å². The SMILES string of the molecule is CNC(Cc1cc(C)cc(C)c1)c1ccc(C)cc1F. The molecule has 1 nitrogen and oxygen atoms in total. The maximum Gasteiger partial charge on any atom is 0.128 e. The molecule has 1 unspecified atom stereocenters. The van der Waals surface area contributed by atoms with Crippen molar-refractivity contribution in [3.05, 3.63) is 70.0 Å². The number of hydrogen-bond donors (Lipinski definition) is 1. The molecule has 0 aliphatic rings. The molecule has 2 heteroatoms. The summed E-state index contributed by atoms with van der Waals surface area (Å²) in [7, 11) is 1.88. The average molecular weight is 271 g/mol. The van der Waals surface area contributed by atoms with E-state index in [9.17, 15) is 4.39 Å². The van der Waals surface area contributed by atoms with Crippen LogP contribution >= 0.6 is 0 Å².